The minimum absolute atomic E-state index is 0.276. The smallest absolute Gasteiger partial charge is 0.231 e. The van der Waals surface area contributed by atoms with Crippen molar-refractivity contribution in [3.05, 3.63) is 23.8 Å². The van der Waals surface area contributed by atoms with E-state index >= 15 is 0 Å². The Bertz CT molecular complexity index is 464. The molecule has 0 amide bonds. The summed E-state index contributed by atoms with van der Waals surface area (Å²) in [5.41, 5.74) is 7.32. The van der Waals surface area contributed by atoms with E-state index < -0.39 is 0 Å². The van der Waals surface area contributed by atoms with E-state index in [1.165, 1.54) is 31.2 Å². The van der Waals surface area contributed by atoms with Crippen LogP contribution in [0.3, 0.4) is 0 Å². The number of rotatable bonds is 3. The Labute approximate surface area is 120 Å². The molecule has 0 aromatic heterocycles. The highest BCUT2D eigenvalue weighted by Crippen LogP contribution is 2.36. The quantitative estimate of drug-likeness (QED) is 0.922. The molecule has 0 saturated carbocycles. The maximum Gasteiger partial charge on any atom is 0.231 e. The topological polar surface area (TPSA) is 47.7 Å². The van der Waals surface area contributed by atoms with Gasteiger partial charge in [-0.25, -0.2) is 0 Å². The molecule has 1 aromatic carbocycles. The van der Waals surface area contributed by atoms with Crippen molar-refractivity contribution >= 4 is 0 Å². The summed E-state index contributed by atoms with van der Waals surface area (Å²) in [6, 6.07) is 7.09. The lowest BCUT2D eigenvalue weighted by atomic mass is 10.0. The predicted octanol–water partition coefficient (Wildman–Crippen LogP) is 2.68. The molecule has 0 spiro atoms. The maximum absolute atomic E-state index is 6.08. The van der Waals surface area contributed by atoms with Crippen molar-refractivity contribution in [1.82, 2.24) is 4.90 Å². The van der Waals surface area contributed by atoms with Gasteiger partial charge < -0.3 is 15.2 Å². The second-order valence-corrected chi connectivity index (χ2v) is 5.80. The van der Waals surface area contributed by atoms with Crippen molar-refractivity contribution in [2.75, 3.05) is 19.9 Å². The number of hydrogen-bond donors (Lipinski definition) is 1. The first-order valence-electron chi connectivity index (χ1n) is 7.65. The van der Waals surface area contributed by atoms with E-state index in [-0.39, 0.29) is 6.04 Å². The van der Waals surface area contributed by atoms with Crippen molar-refractivity contribution < 1.29 is 9.47 Å². The van der Waals surface area contributed by atoms with Crippen LogP contribution in [-0.2, 0) is 0 Å². The molecule has 0 aliphatic carbocycles. The molecule has 1 saturated heterocycles. The number of benzene rings is 1. The fraction of sp³-hybridized carbons (Fsp3) is 0.625. The van der Waals surface area contributed by atoms with Crippen molar-refractivity contribution in [3.63, 3.8) is 0 Å². The lowest BCUT2D eigenvalue weighted by molar-refractivity contribution is 0.150. The zero-order valence-corrected chi connectivity index (χ0v) is 12.2. The number of fused-ring (bicyclic) bond motifs is 1. The van der Waals surface area contributed by atoms with Crippen molar-refractivity contribution in [2.45, 2.75) is 44.7 Å². The monoisotopic (exact) mass is 276 g/mol. The van der Waals surface area contributed by atoms with Gasteiger partial charge in [-0.2, -0.15) is 0 Å². The molecule has 4 nitrogen and oxygen atoms in total. The van der Waals surface area contributed by atoms with Crippen LogP contribution in [0.2, 0.25) is 0 Å². The summed E-state index contributed by atoms with van der Waals surface area (Å²) in [5.74, 6) is 1.69. The SMILES string of the molecule is CC1CCCCCN1C(CN)c1ccc2c(c1)OCO2. The second-order valence-electron chi connectivity index (χ2n) is 5.80. The molecule has 2 aliphatic rings. The van der Waals surface area contributed by atoms with Crippen molar-refractivity contribution in [1.29, 1.82) is 0 Å². The van der Waals surface area contributed by atoms with Crippen LogP contribution in [0.15, 0.2) is 18.2 Å². The summed E-state index contributed by atoms with van der Waals surface area (Å²) in [5, 5.41) is 0. The minimum Gasteiger partial charge on any atom is -0.454 e. The average molecular weight is 276 g/mol. The van der Waals surface area contributed by atoms with Gasteiger partial charge in [0.05, 0.1) is 0 Å². The van der Waals surface area contributed by atoms with Gasteiger partial charge in [-0.05, 0) is 44.0 Å². The summed E-state index contributed by atoms with van der Waals surface area (Å²) < 4.78 is 10.9. The zero-order chi connectivity index (χ0) is 13.9. The molecule has 4 heteroatoms. The molecular formula is C16H24N2O2. The molecule has 1 fully saturated rings. The highest BCUT2D eigenvalue weighted by Gasteiger charge is 2.26. The van der Waals surface area contributed by atoms with Crippen LogP contribution in [0.1, 0.15) is 44.2 Å². The molecule has 3 rings (SSSR count). The van der Waals surface area contributed by atoms with Crippen LogP contribution < -0.4 is 15.2 Å². The molecule has 2 heterocycles. The number of nitrogens with two attached hydrogens (primary N) is 1. The Morgan fingerprint density at radius 1 is 1.25 bits per heavy atom. The standard InChI is InChI=1S/C16H24N2O2/c1-12-5-3-2-4-8-18(12)14(10-17)13-6-7-15-16(9-13)20-11-19-15/h6-7,9,12,14H,2-5,8,10-11,17H2,1H3. The van der Waals surface area contributed by atoms with Crippen LogP contribution in [0.25, 0.3) is 0 Å². The molecule has 0 radical (unpaired) electrons. The van der Waals surface area contributed by atoms with Crippen LogP contribution in [0, 0.1) is 0 Å². The third-order valence-electron chi connectivity index (χ3n) is 4.51. The Kier molecular flexibility index (Phi) is 4.13. The zero-order valence-electron chi connectivity index (χ0n) is 12.2. The van der Waals surface area contributed by atoms with Gasteiger partial charge in [0, 0.05) is 18.6 Å². The molecule has 0 bridgehead atoms. The van der Waals surface area contributed by atoms with E-state index in [1.54, 1.807) is 0 Å². The van der Waals surface area contributed by atoms with Gasteiger partial charge in [0.15, 0.2) is 11.5 Å². The first kappa shape index (κ1) is 13.7. The fourth-order valence-corrected chi connectivity index (χ4v) is 3.34. The van der Waals surface area contributed by atoms with E-state index in [2.05, 4.69) is 24.0 Å². The lowest BCUT2D eigenvalue weighted by Gasteiger charge is -2.35. The summed E-state index contributed by atoms with van der Waals surface area (Å²) in [4.78, 5) is 2.56. The van der Waals surface area contributed by atoms with Gasteiger partial charge in [-0.1, -0.05) is 18.9 Å². The van der Waals surface area contributed by atoms with Gasteiger partial charge in [-0.15, -0.1) is 0 Å². The Morgan fingerprint density at radius 2 is 2.10 bits per heavy atom. The van der Waals surface area contributed by atoms with Gasteiger partial charge in [-0.3, -0.25) is 4.90 Å². The van der Waals surface area contributed by atoms with E-state index in [0.29, 0.717) is 19.4 Å². The first-order valence-corrected chi connectivity index (χ1v) is 7.65. The number of hydrogen-bond acceptors (Lipinski definition) is 4. The maximum atomic E-state index is 6.08. The van der Waals surface area contributed by atoms with E-state index in [9.17, 15) is 0 Å². The molecule has 20 heavy (non-hydrogen) atoms. The van der Waals surface area contributed by atoms with Gasteiger partial charge in [0.1, 0.15) is 0 Å². The van der Waals surface area contributed by atoms with Crippen LogP contribution in [0.5, 0.6) is 11.5 Å². The first-order chi connectivity index (χ1) is 9.79. The van der Waals surface area contributed by atoms with Crippen molar-refractivity contribution in [2.24, 2.45) is 5.73 Å². The van der Waals surface area contributed by atoms with E-state index in [0.717, 1.165) is 18.0 Å². The Morgan fingerprint density at radius 3 is 2.95 bits per heavy atom. The normalized spacial score (nSPS) is 24.4. The Balaban J connectivity index is 1.84. The van der Waals surface area contributed by atoms with Crippen LogP contribution >= 0.6 is 0 Å². The minimum atomic E-state index is 0.276. The lowest BCUT2D eigenvalue weighted by Crippen LogP contribution is -2.39. The second kappa shape index (κ2) is 6.02. The van der Waals surface area contributed by atoms with Gasteiger partial charge in [0.2, 0.25) is 6.79 Å². The molecular weight excluding hydrogens is 252 g/mol. The van der Waals surface area contributed by atoms with E-state index in [4.69, 9.17) is 15.2 Å². The molecule has 2 aliphatic heterocycles. The highest BCUT2D eigenvalue weighted by molar-refractivity contribution is 5.45. The molecule has 2 unspecified atom stereocenters. The summed E-state index contributed by atoms with van der Waals surface area (Å²) in [6.45, 7) is 4.43. The van der Waals surface area contributed by atoms with Gasteiger partial charge >= 0.3 is 0 Å². The Hall–Kier alpha value is -1.26. The molecule has 110 valence electrons. The largest absolute Gasteiger partial charge is 0.454 e. The summed E-state index contributed by atoms with van der Waals surface area (Å²) in [6.07, 6.45) is 5.20. The molecule has 1 aromatic rings. The summed E-state index contributed by atoms with van der Waals surface area (Å²) >= 11 is 0. The third kappa shape index (κ3) is 2.63. The third-order valence-corrected chi connectivity index (χ3v) is 4.51. The number of ether oxygens (including phenoxy) is 2. The van der Waals surface area contributed by atoms with E-state index in [1.807, 2.05) is 6.07 Å². The highest BCUT2D eigenvalue weighted by atomic mass is 16.7. The average Bonchev–Trinajstić information content (AvgIpc) is 2.83. The molecule has 2 N–H and O–H groups in total. The predicted molar refractivity (Wildman–Crippen MR) is 79.0 cm³/mol. The van der Waals surface area contributed by atoms with Crippen molar-refractivity contribution in [3.8, 4) is 11.5 Å². The number of nitrogens with zero attached hydrogens (tertiary/aromatic N) is 1. The van der Waals surface area contributed by atoms with Crippen LogP contribution in [0.4, 0.5) is 0 Å². The molecule has 2 atom stereocenters. The van der Waals surface area contributed by atoms with Crippen LogP contribution in [-0.4, -0.2) is 30.8 Å². The fourth-order valence-electron chi connectivity index (χ4n) is 3.34. The summed E-state index contributed by atoms with van der Waals surface area (Å²) in [7, 11) is 0. The number of likely N-dealkylation sites (tertiary alicyclic amines) is 1. The van der Waals surface area contributed by atoms with Gasteiger partial charge in [0.25, 0.3) is 0 Å².